The van der Waals surface area contributed by atoms with E-state index in [-0.39, 0.29) is 5.95 Å². The molecule has 11 heteroatoms. The highest BCUT2D eigenvalue weighted by molar-refractivity contribution is 5.92. The van der Waals surface area contributed by atoms with Gasteiger partial charge in [-0.05, 0) is 25.8 Å². The Balaban J connectivity index is 1.64. The quantitative estimate of drug-likeness (QED) is 0.327. The molecule has 0 bridgehead atoms. The predicted octanol–water partition coefficient (Wildman–Crippen LogP) is 4.30. The summed E-state index contributed by atoms with van der Waals surface area (Å²) in [5.41, 5.74) is 1.81. The summed E-state index contributed by atoms with van der Waals surface area (Å²) in [5, 5.41) is 5.31. The average Bonchev–Trinajstić information content (AvgIpc) is 3.54. The summed E-state index contributed by atoms with van der Waals surface area (Å²) in [6.07, 6.45) is 6.35. The Morgan fingerprint density at radius 2 is 2.11 bits per heavy atom. The minimum absolute atomic E-state index is 0.230. The van der Waals surface area contributed by atoms with Crippen molar-refractivity contribution in [2.45, 2.75) is 45.1 Å². The van der Waals surface area contributed by atoms with Gasteiger partial charge in [0.05, 0.1) is 37.0 Å². The monoisotopic (exact) mass is 513 g/mol. The number of rotatable bonds is 11. The summed E-state index contributed by atoms with van der Waals surface area (Å²) >= 11 is 0. The molecule has 2 amide bonds. The molecule has 1 fully saturated rings. The fourth-order valence-electron chi connectivity index (χ4n) is 4.22. The van der Waals surface area contributed by atoms with Gasteiger partial charge in [0.15, 0.2) is 0 Å². The molecule has 3 aromatic rings. The summed E-state index contributed by atoms with van der Waals surface area (Å²) < 4.78 is 32.4. The van der Waals surface area contributed by atoms with E-state index in [9.17, 15) is 4.79 Å². The van der Waals surface area contributed by atoms with Crippen LogP contribution in [0.15, 0.2) is 18.5 Å². The number of H-pyrrole nitrogens is 1. The Bertz CT molecular complexity index is 1210. The fraction of sp³-hybridized carbons (Fsp3) is 0.500. The number of anilines is 1. The first-order valence-electron chi connectivity index (χ1n) is 12.5. The van der Waals surface area contributed by atoms with Crippen molar-refractivity contribution in [3.63, 3.8) is 0 Å². The number of hydrogen-bond acceptors (Lipinski definition) is 7. The molecule has 1 radical (unpaired) electrons. The first kappa shape index (κ1) is 26.9. The lowest BCUT2D eigenvalue weighted by Crippen LogP contribution is -2.28. The van der Waals surface area contributed by atoms with Gasteiger partial charge < -0.3 is 24.5 Å². The number of hydrogen-bond donors (Lipinski definition) is 3. The number of methoxy groups -OCH3 is 1. The number of aromatic nitrogens is 4. The maximum atomic E-state index is 16.0. The Morgan fingerprint density at radius 3 is 2.78 bits per heavy atom. The minimum Gasteiger partial charge on any atom is -0.382 e. The molecule has 1 aromatic carbocycles. The van der Waals surface area contributed by atoms with Crippen molar-refractivity contribution in [2.75, 3.05) is 45.4 Å². The summed E-state index contributed by atoms with van der Waals surface area (Å²) in [4.78, 5) is 28.6. The molecular weight excluding hydrogens is 479 g/mol. The molecule has 1 atom stereocenters. The van der Waals surface area contributed by atoms with E-state index >= 15 is 4.39 Å². The molecule has 0 unspecified atom stereocenters. The molecule has 0 spiro atoms. The van der Waals surface area contributed by atoms with Crippen molar-refractivity contribution < 1.29 is 23.4 Å². The van der Waals surface area contributed by atoms with Gasteiger partial charge in [-0.25, -0.2) is 24.1 Å². The lowest BCUT2D eigenvalue weighted by atomic mass is 9.88. The van der Waals surface area contributed by atoms with Crippen molar-refractivity contribution >= 4 is 23.0 Å². The van der Waals surface area contributed by atoms with Crippen LogP contribution < -0.4 is 10.6 Å². The Labute approximate surface area is 215 Å². The fourth-order valence-corrected chi connectivity index (χ4v) is 4.22. The lowest BCUT2D eigenvalue weighted by molar-refractivity contribution is 0.0774. The van der Waals surface area contributed by atoms with Crippen molar-refractivity contribution in [3.8, 4) is 11.1 Å². The number of carbonyl (C=O) groups is 1. The highest BCUT2D eigenvalue weighted by atomic mass is 19.1. The van der Waals surface area contributed by atoms with Crippen LogP contribution in [0.4, 0.5) is 15.1 Å². The number of carbonyl (C=O) groups excluding carboxylic acids is 1. The van der Waals surface area contributed by atoms with Crippen LogP contribution in [-0.4, -0.2) is 66.0 Å². The number of imidazole rings is 1. The van der Waals surface area contributed by atoms with E-state index < -0.39 is 23.4 Å². The Morgan fingerprint density at radius 1 is 1.32 bits per heavy atom. The van der Waals surface area contributed by atoms with E-state index in [1.807, 2.05) is 27.2 Å². The third-order valence-corrected chi connectivity index (χ3v) is 6.26. The molecule has 4 rings (SSSR count). The summed E-state index contributed by atoms with van der Waals surface area (Å²) in [6, 6.07) is 1.25. The molecule has 1 saturated heterocycles. The molecule has 0 aliphatic carbocycles. The van der Waals surface area contributed by atoms with Crippen molar-refractivity contribution in [2.24, 2.45) is 0 Å². The zero-order chi connectivity index (χ0) is 26.4. The van der Waals surface area contributed by atoms with Gasteiger partial charge in [0.1, 0.15) is 11.6 Å². The van der Waals surface area contributed by atoms with Gasteiger partial charge in [-0.2, -0.15) is 0 Å². The van der Waals surface area contributed by atoms with E-state index in [1.165, 1.54) is 0 Å². The molecule has 3 N–H and O–H groups in total. The predicted molar refractivity (Wildman–Crippen MR) is 138 cm³/mol. The van der Waals surface area contributed by atoms with Crippen LogP contribution in [0, 0.1) is 12.2 Å². The van der Waals surface area contributed by atoms with Crippen molar-refractivity contribution in [1.29, 1.82) is 0 Å². The number of nitrogens with zero attached hydrogens (tertiary/aromatic N) is 3. The highest BCUT2D eigenvalue weighted by Crippen LogP contribution is 2.39. The first-order chi connectivity index (χ1) is 17.8. The number of amides is 2. The maximum absolute atomic E-state index is 16.0. The summed E-state index contributed by atoms with van der Waals surface area (Å²) in [6.45, 7) is 8.31. The van der Waals surface area contributed by atoms with Gasteiger partial charge in [0.25, 0.3) is 0 Å². The second kappa shape index (κ2) is 11.9. The van der Waals surface area contributed by atoms with Crippen LogP contribution >= 0.6 is 0 Å². The van der Waals surface area contributed by atoms with E-state index in [1.54, 1.807) is 25.6 Å². The number of urea groups is 1. The second-order valence-corrected chi connectivity index (χ2v) is 9.41. The maximum Gasteiger partial charge on any atom is 0.321 e. The van der Waals surface area contributed by atoms with Crippen molar-refractivity contribution in [3.05, 3.63) is 42.1 Å². The van der Waals surface area contributed by atoms with Gasteiger partial charge >= 0.3 is 6.03 Å². The Kier molecular flexibility index (Phi) is 8.67. The zero-order valence-corrected chi connectivity index (χ0v) is 21.7. The van der Waals surface area contributed by atoms with E-state index in [2.05, 4.69) is 30.6 Å². The van der Waals surface area contributed by atoms with Gasteiger partial charge in [-0.15, -0.1) is 0 Å². The smallest absolute Gasteiger partial charge is 0.321 e. The van der Waals surface area contributed by atoms with E-state index in [0.29, 0.717) is 72.9 Å². The molecule has 1 aliphatic rings. The molecule has 2 aromatic heterocycles. The first-order valence-corrected chi connectivity index (χ1v) is 12.5. The topological polar surface area (TPSA) is 123 Å². The van der Waals surface area contributed by atoms with Crippen LogP contribution in [0.2, 0.25) is 0 Å². The van der Waals surface area contributed by atoms with Crippen LogP contribution in [0.5, 0.6) is 0 Å². The standard InChI is InChI=1S/C26H34FN6O4/c1-5-28-25(34)33-24-31-18-13-17(21(27)20(22(18)32-24)19-7-6-9-37-19)16-14-29-23(30-15-16)26(2,3)8-10-36-12-11-35-4/h8,13-15,19H,5-7,9-12H2,1-4H3,(H3,28,31,32,33,34)/t19-/m1/s1. The molecule has 10 nitrogen and oxygen atoms in total. The summed E-state index contributed by atoms with van der Waals surface area (Å²) in [7, 11) is 1.63. The summed E-state index contributed by atoms with van der Waals surface area (Å²) in [5.74, 6) is 0.412. The Hall–Kier alpha value is -3.15. The molecule has 1 aliphatic heterocycles. The van der Waals surface area contributed by atoms with Crippen LogP contribution in [0.25, 0.3) is 22.2 Å². The van der Waals surface area contributed by atoms with Crippen molar-refractivity contribution in [1.82, 2.24) is 25.3 Å². The number of benzene rings is 1. The van der Waals surface area contributed by atoms with Gasteiger partial charge in [-0.1, -0.05) is 13.8 Å². The van der Waals surface area contributed by atoms with Crippen LogP contribution in [0.3, 0.4) is 0 Å². The second-order valence-electron chi connectivity index (χ2n) is 9.41. The largest absolute Gasteiger partial charge is 0.382 e. The number of aromatic amines is 1. The van der Waals surface area contributed by atoms with Gasteiger partial charge in [-0.3, -0.25) is 5.32 Å². The van der Waals surface area contributed by atoms with Gasteiger partial charge in [0, 0.05) is 61.2 Å². The number of ether oxygens (including phenoxy) is 3. The lowest BCUT2D eigenvalue weighted by Gasteiger charge is -2.22. The molecule has 0 saturated carbocycles. The van der Waals surface area contributed by atoms with E-state index in [4.69, 9.17) is 14.2 Å². The minimum atomic E-state index is -0.446. The van der Waals surface area contributed by atoms with Gasteiger partial charge in [0.2, 0.25) is 5.95 Å². The SMILES string of the molecule is CCNC(=O)Nc1nc2cc(-c3cnc(C(C)(C)[CH]COCCOC)nc3)c(F)c([C@H]3CCCO3)c2[nH]1. The average molecular weight is 514 g/mol. The molecule has 3 heterocycles. The number of halogens is 1. The number of fused-ring (bicyclic) bond motifs is 1. The van der Waals surface area contributed by atoms with Crippen LogP contribution in [-0.2, 0) is 19.6 Å². The molecule has 199 valence electrons. The third kappa shape index (κ3) is 6.23. The molecular formula is C26H34FN6O4. The van der Waals surface area contributed by atoms with Crippen LogP contribution in [0.1, 0.15) is 51.1 Å². The zero-order valence-electron chi connectivity index (χ0n) is 21.7. The third-order valence-electron chi connectivity index (χ3n) is 6.26. The normalized spacial score (nSPS) is 15.9. The molecule has 37 heavy (non-hydrogen) atoms. The highest BCUT2D eigenvalue weighted by Gasteiger charge is 2.29. The van der Waals surface area contributed by atoms with E-state index in [0.717, 1.165) is 6.42 Å². The number of nitrogens with one attached hydrogen (secondary N) is 3.